The van der Waals surface area contributed by atoms with Gasteiger partial charge in [0.2, 0.25) is 5.91 Å². The number of halogens is 1. The first-order valence-corrected chi connectivity index (χ1v) is 10.3. The molecule has 2 rings (SSSR count). The van der Waals surface area contributed by atoms with Crippen LogP contribution in [-0.4, -0.2) is 37.2 Å². The van der Waals surface area contributed by atoms with Gasteiger partial charge in [-0.25, -0.2) is 8.42 Å². The van der Waals surface area contributed by atoms with E-state index in [1.807, 2.05) is 0 Å². The number of carboxylic acid groups (broad SMARTS) is 1. The highest BCUT2D eigenvalue weighted by atomic mass is 35.5. The number of hydrogen-bond donors (Lipinski definition) is 2. The van der Waals surface area contributed by atoms with Gasteiger partial charge in [-0.15, -0.1) is 0 Å². The smallest absolute Gasteiger partial charge is 0.308 e. The lowest BCUT2D eigenvalue weighted by molar-refractivity contribution is -0.143. The van der Waals surface area contributed by atoms with E-state index in [1.165, 1.54) is 24.3 Å². The van der Waals surface area contributed by atoms with Crippen LogP contribution < -0.4 is 5.32 Å². The number of carboxylic acids is 1. The van der Waals surface area contributed by atoms with E-state index in [0.717, 1.165) is 25.7 Å². The summed E-state index contributed by atoms with van der Waals surface area (Å²) in [6.45, 7) is 0. The van der Waals surface area contributed by atoms with Crippen molar-refractivity contribution < 1.29 is 23.1 Å². The number of amides is 1. The Morgan fingerprint density at radius 2 is 1.68 bits per heavy atom. The lowest BCUT2D eigenvalue weighted by Gasteiger charge is -2.27. The van der Waals surface area contributed by atoms with Crippen LogP contribution in [0.15, 0.2) is 29.2 Å². The minimum Gasteiger partial charge on any atom is -0.481 e. The van der Waals surface area contributed by atoms with E-state index in [-0.39, 0.29) is 4.90 Å². The van der Waals surface area contributed by atoms with E-state index >= 15 is 0 Å². The lowest BCUT2D eigenvalue weighted by Crippen LogP contribution is -2.45. The second-order valence-corrected chi connectivity index (χ2v) is 8.75. The van der Waals surface area contributed by atoms with Gasteiger partial charge in [-0.3, -0.25) is 9.59 Å². The third kappa shape index (κ3) is 5.71. The van der Waals surface area contributed by atoms with Gasteiger partial charge in [0.25, 0.3) is 0 Å². The van der Waals surface area contributed by atoms with Gasteiger partial charge in [0.15, 0.2) is 9.84 Å². The Bertz CT molecular complexity index is 717. The maximum absolute atomic E-state index is 12.3. The van der Waals surface area contributed by atoms with Crippen molar-refractivity contribution in [2.75, 3.05) is 5.75 Å². The molecule has 2 atom stereocenters. The highest BCUT2D eigenvalue weighted by Crippen LogP contribution is 2.23. The fourth-order valence-corrected chi connectivity index (χ4v) is 4.37. The van der Waals surface area contributed by atoms with Gasteiger partial charge in [-0.2, -0.15) is 0 Å². The zero-order valence-corrected chi connectivity index (χ0v) is 15.4. The van der Waals surface area contributed by atoms with Crippen molar-refractivity contribution in [1.82, 2.24) is 5.32 Å². The lowest BCUT2D eigenvalue weighted by atomic mass is 9.87. The quantitative estimate of drug-likeness (QED) is 0.808. The highest BCUT2D eigenvalue weighted by Gasteiger charge is 2.31. The average Bonchev–Trinajstić information content (AvgIpc) is 2.49. The fourth-order valence-electron chi connectivity index (χ4n) is 3.10. The molecule has 25 heavy (non-hydrogen) atoms. The van der Waals surface area contributed by atoms with E-state index in [9.17, 15) is 23.1 Å². The SMILES string of the molecule is O=C(CS(=O)(=O)c1ccc(Cl)cc1)NC1CCCCCCC1C(=O)O. The van der Waals surface area contributed by atoms with Crippen molar-refractivity contribution in [1.29, 1.82) is 0 Å². The summed E-state index contributed by atoms with van der Waals surface area (Å²) in [6.07, 6.45) is 4.62. The molecule has 0 heterocycles. The number of benzene rings is 1. The standard InChI is InChI=1S/C17H22ClNO5S/c18-12-7-9-13(10-8-12)25(23,24)11-16(20)19-15-6-4-2-1-3-5-14(15)17(21)22/h7-10,14-15H,1-6,11H2,(H,19,20)(H,21,22). The first-order chi connectivity index (χ1) is 11.8. The Morgan fingerprint density at radius 1 is 1.08 bits per heavy atom. The maximum atomic E-state index is 12.3. The van der Waals surface area contributed by atoms with E-state index in [1.54, 1.807) is 0 Å². The van der Waals surface area contributed by atoms with Crippen LogP contribution in [0.5, 0.6) is 0 Å². The predicted octanol–water partition coefficient (Wildman–Crippen LogP) is 2.65. The van der Waals surface area contributed by atoms with Crippen LogP contribution in [0.1, 0.15) is 38.5 Å². The number of rotatable bonds is 5. The predicted molar refractivity (Wildman–Crippen MR) is 94.3 cm³/mol. The molecule has 0 aromatic heterocycles. The molecule has 1 aliphatic carbocycles. The van der Waals surface area contributed by atoms with Crippen LogP contribution in [0.4, 0.5) is 0 Å². The minimum atomic E-state index is -3.80. The first kappa shape index (κ1) is 19.7. The van der Waals surface area contributed by atoms with Crippen molar-refractivity contribution in [3.63, 3.8) is 0 Å². The molecule has 1 aliphatic rings. The van der Waals surface area contributed by atoms with Gasteiger partial charge in [0.1, 0.15) is 5.75 Å². The van der Waals surface area contributed by atoms with Crippen LogP contribution in [0.2, 0.25) is 5.02 Å². The third-order valence-electron chi connectivity index (χ3n) is 4.42. The Kier molecular flexibility index (Phi) is 6.84. The summed E-state index contributed by atoms with van der Waals surface area (Å²) in [5, 5.41) is 12.4. The third-order valence-corrected chi connectivity index (χ3v) is 6.31. The number of carbonyl (C=O) groups is 2. The Morgan fingerprint density at radius 3 is 2.28 bits per heavy atom. The summed E-state index contributed by atoms with van der Waals surface area (Å²) in [5.74, 6) is -3.01. The molecule has 1 aromatic carbocycles. The molecular formula is C17H22ClNO5S. The van der Waals surface area contributed by atoms with Crippen molar-refractivity contribution >= 4 is 33.3 Å². The van der Waals surface area contributed by atoms with Gasteiger partial charge < -0.3 is 10.4 Å². The normalized spacial score (nSPS) is 21.8. The van der Waals surface area contributed by atoms with Crippen molar-refractivity contribution in [2.24, 2.45) is 5.92 Å². The number of nitrogens with one attached hydrogen (secondary N) is 1. The van der Waals surface area contributed by atoms with Gasteiger partial charge in [-0.1, -0.05) is 37.3 Å². The van der Waals surface area contributed by atoms with Gasteiger partial charge in [0.05, 0.1) is 10.8 Å². The summed E-state index contributed by atoms with van der Waals surface area (Å²) >= 11 is 5.74. The zero-order chi connectivity index (χ0) is 18.4. The van der Waals surface area contributed by atoms with E-state index < -0.39 is 39.4 Å². The summed E-state index contributed by atoms with van der Waals surface area (Å²) < 4.78 is 24.6. The van der Waals surface area contributed by atoms with Gasteiger partial charge >= 0.3 is 5.97 Å². The molecule has 1 amide bonds. The molecule has 0 spiro atoms. The molecule has 6 nitrogen and oxygen atoms in total. The number of aliphatic carboxylic acids is 1. The van der Waals surface area contributed by atoms with Gasteiger partial charge in [-0.05, 0) is 37.1 Å². The van der Waals surface area contributed by atoms with Gasteiger partial charge in [0, 0.05) is 11.1 Å². The molecule has 2 N–H and O–H groups in total. The largest absolute Gasteiger partial charge is 0.481 e. The number of sulfone groups is 1. The zero-order valence-electron chi connectivity index (χ0n) is 13.8. The van der Waals surface area contributed by atoms with Crippen LogP contribution in [-0.2, 0) is 19.4 Å². The van der Waals surface area contributed by atoms with Crippen LogP contribution in [0.25, 0.3) is 0 Å². The van der Waals surface area contributed by atoms with Crippen molar-refractivity contribution in [3.05, 3.63) is 29.3 Å². The fraction of sp³-hybridized carbons (Fsp3) is 0.529. The maximum Gasteiger partial charge on any atom is 0.308 e. The summed E-state index contributed by atoms with van der Waals surface area (Å²) in [4.78, 5) is 23.7. The monoisotopic (exact) mass is 387 g/mol. The van der Waals surface area contributed by atoms with E-state index in [2.05, 4.69) is 5.32 Å². The van der Waals surface area contributed by atoms with E-state index in [4.69, 9.17) is 11.6 Å². The van der Waals surface area contributed by atoms with Crippen LogP contribution in [0, 0.1) is 5.92 Å². The Hall–Kier alpha value is -1.60. The number of carbonyl (C=O) groups excluding carboxylic acids is 1. The summed E-state index contributed by atoms with van der Waals surface area (Å²) in [6, 6.07) is 5.05. The second-order valence-electron chi connectivity index (χ2n) is 6.32. The minimum absolute atomic E-state index is 0.0134. The van der Waals surface area contributed by atoms with Crippen LogP contribution >= 0.6 is 11.6 Å². The molecule has 0 radical (unpaired) electrons. The molecule has 0 saturated heterocycles. The molecule has 0 bridgehead atoms. The molecule has 2 unspecified atom stereocenters. The molecule has 0 aliphatic heterocycles. The molecule has 1 saturated carbocycles. The first-order valence-electron chi connectivity index (χ1n) is 8.30. The molecule has 8 heteroatoms. The second kappa shape index (κ2) is 8.67. The van der Waals surface area contributed by atoms with Crippen molar-refractivity contribution in [2.45, 2.75) is 49.5 Å². The number of hydrogen-bond acceptors (Lipinski definition) is 4. The molecular weight excluding hydrogens is 366 g/mol. The Balaban J connectivity index is 2.06. The van der Waals surface area contributed by atoms with Crippen molar-refractivity contribution in [3.8, 4) is 0 Å². The molecule has 138 valence electrons. The summed E-state index contributed by atoms with van der Waals surface area (Å²) in [7, 11) is -3.80. The topological polar surface area (TPSA) is 101 Å². The van der Waals surface area contributed by atoms with E-state index in [0.29, 0.717) is 17.9 Å². The molecule has 1 fully saturated rings. The highest BCUT2D eigenvalue weighted by molar-refractivity contribution is 7.92. The summed E-state index contributed by atoms with van der Waals surface area (Å²) in [5.41, 5.74) is 0. The molecule has 1 aromatic rings. The van der Waals surface area contributed by atoms with Crippen LogP contribution in [0.3, 0.4) is 0 Å². The Labute approximate surface area is 152 Å². The average molecular weight is 388 g/mol.